The maximum Gasteiger partial charge on any atom is 0.416 e. The Balaban J connectivity index is 1.81. The van der Waals surface area contributed by atoms with Crippen LogP contribution in [0.15, 0.2) is 71.0 Å². The number of hydrogen-bond acceptors (Lipinski definition) is 3. The third-order valence-corrected chi connectivity index (χ3v) is 4.85. The molecule has 5 nitrogen and oxygen atoms in total. The lowest BCUT2D eigenvalue weighted by molar-refractivity contribution is -0.138. The summed E-state index contributed by atoms with van der Waals surface area (Å²) >= 11 is 0. The molecule has 0 fully saturated rings. The average molecular weight is 442 g/mol. The van der Waals surface area contributed by atoms with Gasteiger partial charge in [-0.2, -0.15) is 13.2 Å². The third kappa shape index (κ3) is 5.66. The molecule has 2 amide bonds. The van der Waals surface area contributed by atoms with Crippen LogP contribution >= 0.6 is 0 Å². The van der Waals surface area contributed by atoms with Crippen LogP contribution in [-0.2, 0) is 17.5 Å². The van der Waals surface area contributed by atoms with Crippen LogP contribution in [0.25, 0.3) is 6.08 Å². The molecule has 3 aromatic rings. The predicted molar refractivity (Wildman–Crippen MR) is 113 cm³/mol. The highest BCUT2D eigenvalue weighted by molar-refractivity contribution is 6.05. The van der Waals surface area contributed by atoms with Gasteiger partial charge >= 0.3 is 6.18 Å². The van der Waals surface area contributed by atoms with Crippen LogP contribution in [0.1, 0.15) is 38.4 Å². The van der Waals surface area contributed by atoms with Crippen molar-refractivity contribution >= 4 is 17.9 Å². The van der Waals surface area contributed by atoms with Crippen LogP contribution in [-0.4, -0.2) is 11.8 Å². The van der Waals surface area contributed by atoms with E-state index in [1.165, 1.54) is 30.5 Å². The van der Waals surface area contributed by atoms with E-state index in [0.717, 1.165) is 17.2 Å². The van der Waals surface area contributed by atoms with Gasteiger partial charge in [0.1, 0.15) is 11.5 Å². The summed E-state index contributed by atoms with van der Waals surface area (Å²) in [6.07, 6.45) is -1.85. The van der Waals surface area contributed by atoms with Crippen molar-refractivity contribution in [3.05, 3.63) is 100 Å². The summed E-state index contributed by atoms with van der Waals surface area (Å²) in [5, 5.41) is 4.96. The zero-order valence-electron chi connectivity index (χ0n) is 17.4. The molecule has 0 bridgehead atoms. The SMILES string of the molecule is Cc1ccc(C(=O)N/C(=C/c2ccco2)C(=O)NCc2ccccc2C(F)(F)F)cc1C. The molecule has 0 saturated heterocycles. The van der Waals surface area contributed by atoms with Crippen LogP contribution in [0.3, 0.4) is 0 Å². The van der Waals surface area contributed by atoms with Crippen LogP contribution in [0.5, 0.6) is 0 Å². The lowest BCUT2D eigenvalue weighted by atomic mass is 10.1. The molecule has 0 aliphatic carbocycles. The molecule has 0 atom stereocenters. The van der Waals surface area contributed by atoms with Gasteiger partial charge in [0.05, 0.1) is 11.8 Å². The number of aryl methyl sites for hydroxylation is 2. The number of amides is 2. The van der Waals surface area contributed by atoms with E-state index < -0.39 is 23.6 Å². The molecule has 0 radical (unpaired) electrons. The van der Waals surface area contributed by atoms with Gasteiger partial charge in [0.25, 0.3) is 11.8 Å². The second kappa shape index (κ2) is 9.55. The Morgan fingerprint density at radius 2 is 1.75 bits per heavy atom. The summed E-state index contributed by atoms with van der Waals surface area (Å²) in [4.78, 5) is 25.5. The molecule has 0 saturated carbocycles. The molecule has 0 aliphatic rings. The smallest absolute Gasteiger partial charge is 0.416 e. The molecule has 0 unspecified atom stereocenters. The number of carbonyl (C=O) groups is 2. The summed E-state index contributed by atoms with van der Waals surface area (Å²) in [5.74, 6) is -0.987. The van der Waals surface area contributed by atoms with E-state index in [0.29, 0.717) is 11.3 Å². The standard InChI is InChI=1S/C24H21F3N2O3/c1-15-9-10-17(12-16(15)2)22(30)29-21(13-19-7-5-11-32-19)23(31)28-14-18-6-3-4-8-20(18)24(25,26)27/h3-13H,14H2,1-2H3,(H,28,31)(H,29,30)/b21-13+. The van der Waals surface area contributed by atoms with Crippen molar-refractivity contribution in [1.82, 2.24) is 10.6 Å². The van der Waals surface area contributed by atoms with Gasteiger partial charge in [-0.3, -0.25) is 9.59 Å². The van der Waals surface area contributed by atoms with Gasteiger partial charge in [0.15, 0.2) is 0 Å². The number of halogens is 3. The highest BCUT2D eigenvalue weighted by Gasteiger charge is 2.32. The van der Waals surface area contributed by atoms with Crippen LogP contribution in [0.4, 0.5) is 13.2 Å². The minimum absolute atomic E-state index is 0.0915. The first kappa shape index (κ1) is 22.9. The summed E-state index contributed by atoms with van der Waals surface area (Å²) in [5.41, 5.74) is 1.17. The Kier molecular flexibility index (Phi) is 6.82. The molecule has 2 N–H and O–H groups in total. The Morgan fingerprint density at radius 3 is 2.41 bits per heavy atom. The lowest BCUT2D eigenvalue weighted by Crippen LogP contribution is -2.35. The Morgan fingerprint density at radius 1 is 1.00 bits per heavy atom. The first-order valence-electron chi connectivity index (χ1n) is 9.72. The highest BCUT2D eigenvalue weighted by atomic mass is 19.4. The highest BCUT2D eigenvalue weighted by Crippen LogP contribution is 2.31. The largest absolute Gasteiger partial charge is 0.465 e. The Bertz CT molecular complexity index is 1150. The molecule has 8 heteroatoms. The summed E-state index contributed by atoms with van der Waals surface area (Å²) in [6.45, 7) is 3.39. The quantitative estimate of drug-likeness (QED) is 0.528. The van der Waals surface area contributed by atoms with Crippen molar-refractivity contribution in [1.29, 1.82) is 0 Å². The number of alkyl halides is 3. The van der Waals surface area contributed by atoms with E-state index in [1.54, 1.807) is 30.3 Å². The van der Waals surface area contributed by atoms with E-state index >= 15 is 0 Å². The monoisotopic (exact) mass is 442 g/mol. The second-order valence-corrected chi connectivity index (χ2v) is 7.16. The van der Waals surface area contributed by atoms with Gasteiger partial charge < -0.3 is 15.1 Å². The number of rotatable bonds is 6. The van der Waals surface area contributed by atoms with E-state index in [-0.39, 0.29) is 17.8 Å². The molecule has 3 rings (SSSR count). The van der Waals surface area contributed by atoms with Gasteiger partial charge in [0, 0.05) is 18.2 Å². The van der Waals surface area contributed by atoms with Crippen LogP contribution < -0.4 is 10.6 Å². The fourth-order valence-corrected chi connectivity index (χ4v) is 2.97. The molecular weight excluding hydrogens is 421 g/mol. The molecule has 1 aromatic heterocycles. The number of benzene rings is 2. The van der Waals surface area contributed by atoms with Crippen LogP contribution in [0, 0.1) is 13.8 Å². The fourth-order valence-electron chi connectivity index (χ4n) is 2.97. The van der Waals surface area contributed by atoms with E-state index in [9.17, 15) is 22.8 Å². The summed E-state index contributed by atoms with van der Waals surface area (Å²) in [7, 11) is 0. The maximum atomic E-state index is 13.2. The van der Waals surface area contributed by atoms with Crippen molar-refractivity contribution in [2.45, 2.75) is 26.6 Å². The second-order valence-electron chi connectivity index (χ2n) is 7.16. The molecular formula is C24H21F3N2O3. The van der Waals surface area contributed by atoms with Gasteiger partial charge in [-0.05, 0) is 60.9 Å². The number of furan rings is 1. The molecule has 166 valence electrons. The number of hydrogen-bond donors (Lipinski definition) is 2. The Hall–Kier alpha value is -3.81. The van der Waals surface area contributed by atoms with Gasteiger partial charge in [-0.25, -0.2) is 0 Å². The van der Waals surface area contributed by atoms with Crippen molar-refractivity contribution in [3.8, 4) is 0 Å². The van der Waals surface area contributed by atoms with Crippen molar-refractivity contribution in [2.24, 2.45) is 0 Å². The van der Waals surface area contributed by atoms with Crippen molar-refractivity contribution in [3.63, 3.8) is 0 Å². The Labute approximate surface area is 182 Å². The average Bonchev–Trinajstić information content (AvgIpc) is 3.26. The fraction of sp³-hybridized carbons (Fsp3) is 0.167. The van der Waals surface area contributed by atoms with E-state index in [2.05, 4.69) is 10.6 Å². The summed E-state index contributed by atoms with van der Waals surface area (Å²) in [6, 6.07) is 13.2. The summed E-state index contributed by atoms with van der Waals surface area (Å²) < 4.78 is 44.8. The van der Waals surface area contributed by atoms with Gasteiger partial charge in [0.2, 0.25) is 0 Å². The zero-order chi connectivity index (χ0) is 23.3. The van der Waals surface area contributed by atoms with Crippen LogP contribution in [0.2, 0.25) is 0 Å². The molecule has 0 spiro atoms. The van der Waals surface area contributed by atoms with Gasteiger partial charge in [-0.1, -0.05) is 24.3 Å². The van der Waals surface area contributed by atoms with Crippen molar-refractivity contribution in [2.75, 3.05) is 0 Å². The maximum absolute atomic E-state index is 13.2. The molecule has 2 aromatic carbocycles. The van der Waals surface area contributed by atoms with E-state index in [1.807, 2.05) is 13.8 Å². The number of nitrogens with one attached hydrogen (secondary N) is 2. The first-order chi connectivity index (χ1) is 15.1. The minimum atomic E-state index is -4.55. The minimum Gasteiger partial charge on any atom is -0.465 e. The third-order valence-electron chi connectivity index (χ3n) is 4.85. The topological polar surface area (TPSA) is 71.3 Å². The molecule has 32 heavy (non-hydrogen) atoms. The molecule has 1 heterocycles. The van der Waals surface area contributed by atoms with Crippen molar-refractivity contribution < 1.29 is 27.2 Å². The normalized spacial score (nSPS) is 11.8. The predicted octanol–water partition coefficient (Wildman–Crippen LogP) is 5.00. The lowest BCUT2D eigenvalue weighted by Gasteiger charge is -2.15. The van der Waals surface area contributed by atoms with Gasteiger partial charge in [-0.15, -0.1) is 0 Å². The first-order valence-corrected chi connectivity index (χ1v) is 9.72. The molecule has 0 aliphatic heterocycles. The zero-order valence-corrected chi connectivity index (χ0v) is 17.4. The number of carbonyl (C=O) groups excluding carboxylic acids is 2. The van der Waals surface area contributed by atoms with E-state index in [4.69, 9.17) is 4.42 Å².